The number of aromatic nitrogens is 4. The predicted octanol–water partition coefficient (Wildman–Crippen LogP) is 23.4. The molecule has 0 saturated carbocycles. The first-order chi connectivity index (χ1) is 45.6. The summed E-state index contributed by atoms with van der Waals surface area (Å²) in [7, 11) is 0. The third kappa shape index (κ3) is 12.9. The molecule has 8 aromatic carbocycles. The van der Waals surface area contributed by atoms with Crippen molar-refractivity contribution < 1.29 is 9.90 Å². The molecular weight excluding hydrogens is 1180 g/mol. The molecule has 6 heteroatoms. The Morgan fingerprint density at radius 3 is 1.00 bits per heavy atom. The minimum Gasteiger partial charge on any atom is -0.478 e. The minimum atomic E-state index is -0.976. The number of aromatic carboxylic acids is 1. The lowest BCUT2D eigenvalue weighted by atomic mass is 9.78. The lowest BCUT2D eigenvalue weighted by molar-refractivity contribution is 0.0696. The fourth-order valence-corrected chi connectivity index (χ4v) is 13.3. The maximum absolute atomic E-state index is 11.8. The first kappa shape index (κ1) is 65.4. The molecule has 0 fully saturated rings. The summed E-state index contributed by atoms with van der Waals surface area (Å²) in [5.74, 6) is 13.8. The number of rotatable bonds is 4. The van der Waals surface area contributed by atoms with Crippen LogP contribution in [0.4, 0.5) is 0 Å². The third-order valence-electron chi connectivity index (χ3n) is 19.3. The van der Waals surface area contributed by atoms with E-state index in [2.05, 4.69) is 322 Å². The second kappa shape index (κ2) is 23.8. The van der Waals surface area contributed by atoms with Gasteiger partial charge in [0.2, 0.25) is 0 Å². The molecule has 6 nitrogen and oxygen atoms in total. The summed E-state index contributed by atoms with van der Waals surface area (Å²) in [6, 6.07) is 58.4. The van der Waals surface area contributed by atoms with Crippen LogP contribution in [0.1, 0.15) is 213 Å². The largest absolute Gasteiger partial charge is 0.478 e. The van der Waals surface area contributed by atoms with Crippen LogP contribution in [0.5, 0.6) is 0 Å². The standard InChI is InChI=1S/C91H88N4O2/c1-86(2,3)61-43-58(44-62(51-61)87(4,5)6)82-76-37-35-74(92-76)71(34-33-70-68-26-22-21-25-67(68)69(32-29-54-27-30-55(31-28-54)85(96)97)72-49-56-23-19-20-24-57(56)50-73(70)72)75-36-38-77(93-75)83(59-45-63(88(7,8)9)52-64(46-59)89(10,11)12)79-40-42-81(95-79)84(80-41-39-78(82)94-80)60-47-65(90(13,14)15)53-66(48-60)91(16,17)18/h19-28,30-31,35-53,92,95H,1-18H3,(H,96,97). The molecule has 11 aromatic rings. The zero-order chi connectivity index (χ0) is 69.1. The van der Waals surface area contributed by atoms with Crippen LogP contribution in [0.2, 0.25) is 0 Å². The van der Waals surface area contributed by atoms with Crippen molar-refractivity contribution in [3.63, 3.8) is 0 Å². The van der Waals surface area contributed by atoms with Crippen LogP contribution in [-0.2, 0) is 32.5 Å². The number of carbonyl (C=O) groups is 1. The van der Waals surface area contributed by atoms with Gasteiger partial charge in [0.05, 0.1) is 39.4 Å². The highest BCUT2D eigenvalue weighted by Crippen LogP contribution is 2.44. The van der Waals surface area contributed by atoms with E-state index in [0.29, 0.717) is 0 Å². The lowest BCUT2D eigenvalue weighted by Crippen LogP contribution is -2.16. The van der Waals surface area contributed by atoms with Gasteiger partial charge >= 0.3 is 5.97 Å². The summed E-state index contributed by atoms with van der Waals surface area (Å²) in [6.07, 6.45) is 8.76. The van der Waals surface area contributed by atoms with Crippen molar-refractivity contribution in [3.05, 3.63) is 248 Å². The van der Waals surface area contributed by atoms with Gasteiger partial charge in [-0.2, -0.15) is 0 Å². The number of aromatic amines is 2. The molecule has 0 radical (unpaired) electrons. The van der Waals surface area contributed by atoms with Gasteiger partial charge in [0.25, 0.3) is 0 Å². The second-order valence-electron chi connectivity index (χ2n) is 32.8. The van der Waals surface area contributed by atoms with Crippen LogP contribution in [0.3, 0.4) is 0 Å². The Bertz CT molecular complexity index is 5310. The van der Waals surface area contributed by atoms with E-state index in [9.17, 15) is 9.90 Å². The van der Waals surface area contributed by atoms with Crippen LogP contribution >= 0.6 is 0 Å². The van der Waals surface area contributed by atoms with Crippen LogP contribution < -0.4 is 0 Å². The summed E-state index contributed by atoms with van der Waals surface area (Å²) in [4.78, 5) is 31.7. The Morgan fingerprint density at radius 2 is 0.639 bits per heavy atom. The Morgan fingerprint density at radius 1 is 0.330 bits per heavy atom. The molecule has 0 saturated heterocycles. The monoisotopic (exact) mass is 1270 g/mol. The van der Waals surface area contributed by atoms with E-state index in [1.165, 1.54) is 33.4 Å². The fraction of sp³-hybridized carbons (Fsp3) is 0.264. The molecule has 0 atom stereocenters. The number of fused-ring (bicyclic) bond motifs is 11. The topological polar surface area (TPSA) is 94.7 Å². The molecule has 3 N–H and O–H groups in total. The van der Waals surface area contributed by atoms with E-state index in [1.54, 1.807) is 24.3 Å². The maximum atomic E-state index is 11.8. The van der Waals surface area contributed by atoms with E-state index in [4.69, 9.17) is 9.97 Å². The number of H-pyrrole nitrogens is 2. The van der Waals surface area contributed by atoms with Gasteiger partial charge in [0.1, 0.15) is 0 Å². The number of carboxylic acids is 1. The highest BCUT2D eigenvalue weighted by Gasteiger charge is 2.28. The molecule has 484 valence electrons. The molecule has 8 bridgehead atoms. The summed E-state index contributed by atoms with van der Waals surface area (Å²) < 4.78 is 0. The normalized spacial score (nSPS) is 12.9. The van der Waals surface area contributed by atoms with E-state index in [0.717, 1.165) is 133 Å². The van der Waals surface area contributed by atoms with E-state index in [1.807, 2.05) is 0 Å². The van der Waals surface area contributed by atoms with Crippen LogP contribution in [0.25, 0.3) is 112 Å². The zero-order valence-electron chi connectivity index (χ0n) is 59.6. The molecule has 0 aliphatic carbocycles. The van der Waals surface area contributed by atoms with Gasteiger partial charge in [-0.3, -0.25) is 0 Å². The van der Waals surface area contributed by atoms with Gasteiger partial charge in [-0.15, -0.1) is 0 Å². The summed E-state index contributed by atoms with van der Waals surface area (Å²) in [5.41, 5.74) is 23.1. The first-order valence-electron chi connectivity index (χ1n) is 34.0. The van der Waals surface area contributed by atoms with Crippen molar-refractivity contribution in [3.8, 4) is 57.1 Å². The second-order valence-corrected chi connectivity index (χ2v) is 32.8. The SMILES string of the molecule is CC(C)(C)c1cc(-c2c3nc(c(-c4cc(C(C)(C)C)cc(C(C)(C)C)c4)c4ccc([nH]4)c(-c4cc(C(C)(C)C)cc(C(C)(C)C)c4)c4nc(c(C#Cc5c6ccccc6c(C#Cc6ccc(C(=O)O)cc6)c6cc7ccccc7cc56)c5ccc2[nH]5)C=C4)C=C3)cc(C(C)(C)C)c1. The molecular formula is C91H88N4O2. The van der Waals surface area contributed by atoms with Crippen LogP contribution in [0, 0.1) is 23.7 Å². The van der Waals surface area contributed by atoms with Gasteiger partial charge in [0.15, 0.2) is 0 Å². The molecule has 3 aromatic heterocycles. The van der Waals surface area contributed by atoms with Crippen LogP contribution in [0.15, 0.2) is 164 Å². The maximum Gasteiger partial charge on any atom is 0.335 e. The Kier molecular flexibility index (Phi) is 16.1. The van der Waals surface area contributed by atoms with Gasteiger partial charge < -0.3 is 15.1 Å². The Balaban J connectivity index is 1.19. The average Bonchev–Trinajstić information content (AvgIpc) is 1.72. The molecule has 97 heavy (non-hydrogen) atoms. The van der Waals surface area contributed by atoms with Crippen molar-refractivity contribution in [2.75, 3.05) is 0 Å². The molecule has 0 amide bonds. The molecule has 2 aliphatic rings. The van der Waals surface area contributed by atoms with E-state index in [-0.39, 0.29) is 38.1 Å². The third-order valence-corrected chi connectivity index (χ3v) is 19.3. The number of hydrogen-bond donors (Lipinski definition) is 3. The number of benzene rings is 8. The van der Waals surface area contributed by atoms with Gasteiger partial charge in [-0.05, 0) is 200 Å². The van der Waals surface area contributed by atoms with Gasteiger partial charge in [0, 0.05) is 49.9 Å². The minimum absolute atomic E-state index is 0.140. The number of carboxylic acid groups (broad SMARTS) is 1. The zero-order valence-corrected chi connectivity index (χ0v) is 59.6. The Hall–Kier alpha value is -10.3. The molecule has 13 rings (SSSR count). The smallest absolute Gasteiger partial charge is 0.335 e. The quantitative estimate of drug-likeness (QED) is 0.121. The first-order valence-corrected chi connectivity index (χ1v) is 34.0. The van der Waals surface area contributed by atoms with Crippen molar-refractivity contribution in [1.29, 1.82) is 0 Å². The Labute approximate surface area is 573 Å². The number of nitrogens with zero attached hydrogens (tertiary/aromatic N) is 2. The number of nitrogens with one attached hydrogen (secondary N) is 2. The van der Waals surface area contributed by atoms with Crippen LogP contribution in [-0.4, -0.2) is 31.0 Å². The summed E-state index contributed by atoms with van der Waals surface area (Å²) in [6.45, 7) is 41.4. The van der Waals surface area contributed by atoms with Gasteiger partial charge in [-0.25, -0.2) is 14.8 Å². The van der Waals surface area contributed by atoms with Gasteiger partial charge in [-0.1, -0.05) is 251 Å². The fourth-order valence-electron chi connectivity index (χ4n) is 13.3. The molecule has 2 aliphatic heterocycles. The van der Waals surface area contributed by atoms with E-state index >= 15 is 0 Å². The van der Waals surface area contributed by atoms with Crippen molar-refractivity contribution >= 4 is 84.7 Å². The summed E-state index contributed by atoms with van der Waals surface area (Å²) >= 11 is 0. The molecule has 0 spiro atoms. The predicted molar refractivity (Wildman–Crippen MR) is 412 cm³/mol. The molecule has 0 unspecified atom stereocenters. The highest BCUT2D eigenvalue weighted by atomic mass is 16.4. The lowest BCUT2D eigenvalue weighted by Gasteiger charge is -2.26. The summed E-state index contributed by atoms with van der Waals surface area (Å²) in [5, 5.41) is 15.7. The average molecular weight is 1270 g/mol. The van der Waals surface area contributed by atoms with Crippen molar-refractivity contribution in [1.82, 2.24) is 19.9 Å². The van der Waals surface area contributed by atoms with Crippen molar-refractivity contribution in [2.45, 2.75) is 157 Å². The van der Waals surface area contributed by atoms with Crippen molar-refractivity contribution in [2.24, 2.45) is 0 Å². The molecule has 5 heterocycles. The number of hydrogen-bond acceptors (Lipinski definition) is 3. The van der Waals surface area contributed by atoms with E-state index < -0.39 is 5.97 Å². The highest BCUT2D eigenvalue weighted by molar-refractivity contribution is 6.14.